The van der Waals surface area contributed by atoms with E-state index in [0.29, 0.717) is 17.4 Å². The molecule has 0 aromatic carbocycles. The summed E-state index contributed by atoms with van der Waals surface area (Å²) in [6.45, 7) is 4.32. The Hall–Kier alpha value is -4.11. The number of phosphoric ester groups is 1. The lowest BCUT2D eigenvalue weighted by molar-refractivity contribution is -0.870. The molecule has 2 atom stereocenters. The first-order valence-corrected chi connectivity index (χ1v) is 39.1. The molecule has 0 fully saturated rings. The number of ether oxygens (including phenoxy) is 2. The summed E-state index contributed by atoms with van der Waals surface area (Å²) in [5, 5.41) is 0. The van der Waals surface area contributed by atoms with Gasteiger partial charge in [0.15, 0.2) is 6.10 Å². The van der Waals surface area contributed by atoms with Crippen LogP contribution < -0.4 is 0 Å². The third-order valence-corrected chi connectivity index (χ3v) is 16.8. The van der Waals surface area contributed by atoms with Crippen LogP contribution in [-0.4, -0.2) is 74.9 Å². The maximum atomic E-state index is 12.9. The molecule has 0 rings (SSSR count). The molecule has 0 saturated heterocycles. The molecule has 0 saturated carbocycles. The molecule has 0 aliphatic rings. The fourth-order valence-electron chi connectivity index (χ4n) is 10.1. The van der Waals surface area contributed by atoms with Crippen molar-refractivity contribution in [2.75, 3.05) is 47.5 Å². The van der Waals surface area contributed by atoms with E-state index in [1.54, 1.807) is 0 Å². The molecule has 9 nitrogen and oxygen atoms in total. The fraction of sp³-hybridized carbons (Fsp3) is 0.683. The monoisotopic (exact) mass is 1300 g/mol. The Labute approximate surface area is 567 Å². The number of hydrogen-bond donors (Lipinski definition) is 1. The number of allylic oxidation sites excluding steroid dienone is 24. The van der Waals surface area contributed by atoms with E-state index in [-0.39, 0.29) is 32.0 Å². The minimum atomic E-state index is -4.41. The van der Waals surface area contributed by atoms with Gasteiger partial charge in [0.1, 0.15) is 19.8 Å². The maximum Gasteiger partial charge on any atom is 0.472 e. The van der Waals surface area contributed by atoms with Gasteiger partial charge in [-0.1, -0.05) is 320 Å². The third kappa shape index (κ3) is 74.9. The predicted molar refractivity (Wildman–Crippen MR) is 399 cm³/mol. The zero-order valence-electron chi connectivity index (χ0n) is 60.0. The van der Waals surface area contributed by atoms with Gasteiger partial charge in [-0.05, 0) is 122 Å². The van der Waals surface area contributed by atoms with Crippen LogP contribution in [0.5, 0.6) is 0 Å². The van der Waals surface area contributed by atoms with Crippen LogP contribution in [0.2, 0.25) is 0 Å². The molecule has 0 aliphatic carbocycles. The smallest absolute Gasteiger partial charge is 0.462 e. The Morgan fingerprint density at radius 2 is 0.620 bits per heavy atom. The highest BCUT2D eigenvalue weighted by Crippen LogP contribution is 2.43. The molecule has 0 amide bonds. The Kier molecular flexibility index (Phi) is 68.0. The van der Waals surface area contributed by atoms with Gasteiger partial charge in [0.05, 0.1) is 27.7 Å². The molecule has 92 heavy (non-hydrogen) atoms. The Bertz CT molecular complexity index is 2070. The number of carbonyl (C=O) groups is 2. The van der Waals surface area contributed by atoms with Gasteiger partial charge in [-0.15, -0.1) is 0 Å². The highest BCUT2D eigenvalue weighted by Gasteiger charge is 2.27. The van der Waals surface area contributed by atoms with Crippen molar-refractivity contribution in [1.82, 2.24) is 0 Å². The van der Waals surface area contributed by atoms with Gasteiger partial charge >= 0.3 is 19.8 Å². The number of carbonyl (C=O) groups excluding carboxylic acids is 2. The van der Waals surface area contributed by atoms with Gasteiger partial charge in [-0.2, -0.15) is 0 Å². The van der Waals surface area contributed by atoms with Gasteiger partial charge in [-0.25, -0.2) is 4.57 Å². The van der Waals surface area contributed by atoms with Crippen molar-refractivity contribution < 1.29 is 42.1 Å². The summed E-state index contributed by atoms with van der Waals surface area (Å²) in [6, 6.07) is 0. The van der Waals surface area contributed by atoms with Crippen LogP contribution in [0.15, 0.2) is 146 Å². The van der Waals surface area contributed by atoms with Gasteiger partial charge in [0.25, 0.3) is 0 Å². The van der Waals surface area contributed by atoms with E-state index in [4.69, 9.17) is 18.5 Å². The minimum absolute atomic E-state index is 0.0236. The molecule has 0 aromatic heterocycles. The lowest BCUT2D eigenvalue weighted by Gasteiger charge is -2.24. The van der Waals surface area contributed by atoms with Crippen LogP contribution in [0.1, 0.15) is 309 Å². The molecular weight excluding hydrogens is 1160 g/mol. The number of nitrogens with zero attached hydrogens (tertiary/aromatic N) is 1. The molecule has 0 radical (unpaired) electrons. The number of quaternary nitrogens is 1. The summed E-state index contributed by atoms with van der Waals surface area (Å²) in [7, 11) is 1.46. The highest BCUT2D eigenvalue weighted by atomic mass is 31.2. The van der Waals surface area contributed by atoms with E-state index in [2.05, 4.69) is 160 Å². The normalized spacial score (nSPS) is 13.9. The van der Waals surface area contributed by atoms with Crippen molar-refractivity contribution in [1.29, 1.82) is 0 Å². The first kappa shape index (κ1) is 87.9. The quantitative estimate of drug-likeness (QED) is 0.0211. The molecule has 1 N–H and O–H groups in total. The minimum Gasteiger partial charge on any atom is -0.462 e. The zero-order valence-corrected chi connectivity index (χ0v) is 60.9. The average Bonchev–Trinajstić information content (AvgIpc) is 2.23. The van der Waals surface area contributed by atoms with Crippen LogP contribution in [0.3, 0.4) is 0 Å². The average molecular weight is 1300 g/mol. The molecule has 0 aromatic rings. The van der Waals surface area contributed by atoms with Gasteiger partial charge in [-0.3, -0.25) is 18.6 Å². The number of likely N-dealkylation sites (N-methyl/N-ethyl adjacent to an activating group) is 1. The number of rotatable bonds is 68. The van der Waals surface area contributed by atoms with E-state index < -0.39 is 26.5 Å². The van der Waals surface area contributed by atoms with E-state index in [1.807, 2.05) is 21.1 Å². The Morgan fingerprint density at radius 1 is 0.348 bits per heavy atom. The Balaban J connectivity index is 4.10. The van der Waals surface area contributed by atoms with Crippen LogP contribution in [-0.2, 0) is 32.7 Å². The molecule has 2 unspecified atom stereocenters. The number of phosphoric acid groups is 1. The topological polar surface area (TPSA) is 108 Å². The summed E-state index contributed by atoms with van der Waals surface area (Å²) in [5.41, 5.74) is 0. The second-order valence-corrected chi connectivity index (χ2v) is 27.4. The van der Waals surface area contributed by atoms with Crippen molar-refractivity contribution in [3.63, 3.8) is 0 Å². The van der Waals surface area contributed by atoms with Gasteiger partial charge in [0, 0.05) is 12.8 Å². The van der Waals surface area contributed by atoms with Crippen LogP contribution in [0.4, 0.5) is 0 Å². The molecule has 10 heteroatoms. The van der Waals surface area contributed by atoms with Crippen LogP contribution in [0, 0.1) is 0 Å². The molecule has 0 heterocycles. The molecular formula is C82H141NO8P+. The lowest BCUT2D eigenvalue weighted by Crippen LogP contribution is -2.37. The standard InChI is InChI=1S/C82H140NO8P/c1-6-8-10-12-14-16-18-20-22-24-26-28-30-32-34-35-36-37-38-39-40-41-42-43-44-45-46-47-49-51-53-55-57-59-61-63-65-67-69-71-73-75-82(85)91-80(79-90-92(86,87)89-77-76-83(3,4)5)78-88-81(84)74-72-70-68-66-64-62-60-58-56-54-52-50-48-33-31-29-27-25-23-21-19-17-15-13-11-9-7-2/h8,10,14,16,20,22,25-28,32,34,36-37,39-40,42-43,45-46,49,51,55,57,80H,6-7,9,11-13,15,17-19,21,23-24,29-31,33,35,38,41,44,47-48,50,52-54,56,58-79H2,1-5H3/p+1/b10-8-,16-14-,22-20-,27-25-,28-26-,34-32-,37-36-,40-39-,43-42-,46-45-,51-49-,57-55-. The SMILES string of the molecule is CC/C=C\C/C=C\C/C=C\C/C=C\C/C=C\C/C=C\C/C=C\C/C=C\C/C=C\C/C=C\C/C=C\CCCCCCCCCC(=O)OC(COC(=O)CCCCCCCCCCCCCCCCC/C=C\CCCCCCCCCC)COP(=O)(O)OCC[N+](C)(C)C. The van der Waals surface area contributed by atoms with Crippen molar-refractivity contribution in [2.24, 2.45) is 0 Å². The van der Waals surface area contributed by atoms with Gasteiger partial charge < -0.3 is 18.9 Å². The van der Waals surface area contributed by atoms with Crippen LogP contribution >= 0.6 is 7.82 Å². The predicted octanol–water partition coefficient (Wildman–Crippen LogP) is 24.9. The first-order chi connectivity index (χ1) is 45.0. The summed E-state index contributed by atoms with van der Waals surface area (Å²) in [4.78, 5) is 35.9. The molecule has 0 bridgehead atoms. The molecule has 0 aliphatic heterocycles. The van der Waals surface area contributed by atoms with E-state index >= 15 is 0 Å². The van der Waals surface area contributed by atoms with Crippen LogP contribution in [0.25, 0.3) is 0 Å². The Morgan fingerprint density at radius 3 is 0.935 bits per heavy atom. The lowest BCUT2D eigenvalue weighted by atomic mass is 10.0. The van der Waals surface area contributed by atoms with E-state index in [9.17, 15) is 19.0 Å². The number of unbranched alkanes of at least 4 members (excludes halogenated alkanes) is 30. The maximum absolute atomic E-state index is 12.9. The first-order valence-electron chi connectivity index (χ1n) is 37.6. The van der Waals surface area contributed by atoms with Crippen molar-refractivity contribution in [3.05, 3.63) is 146 Å². The fourth-order valence-corrected chi connectivity index (χ4v) is 10.9. The van der Waals surface area contributed by atoms with Gasteiger partial charge in [0.2, 0.25) is 0 Å². The number of esters is 2. The summed E-state index contributed by atoms with van der Waals surface area (Å²) >= 11 is 0. The largest absolute Gasteiger partial charge is 0.472 e. The second kappa shape index (κ2) is 71.2. The van der Waals surface area contributed by atoms with Crippen molar-refractivity contribution in [3.8, 4) is 0 Å². The molecule has 526 valence electrons. The summed E-state index contributed by atoms with van der Waals surface area (Å²) in [6.07, 6.45) is 105. The molecule has 0 spiro atoms. The zero-order chi connectivity index (χ0) is 66.9. The van der Waals surface area contributed by atoms with E-state index in [0.717, 1.165) is 116 Å². The van der Waals surface area contributed by atoms with Crippen molar-refractivity contribution >= 4 is 19.8 Å². The third-order valence-electron chi connectivity index (χ3n) is 15.9. The summed E-state index contributed by atoms with van der Waals surface area (Å²) in [5.74, 6) is -0.809. The number of hydrogen-bond acceptors (Lipinski definition) is 7. The van der Waals surface area contributed by atoms with E-state index in [1.165, 1.54) is 161 Å². The highest BCUT2D eigenvalue weighted by molar-refractivity contribution is 7.47. The van der Waals surface area contributed by atoms with Crippen molar-refractivity contribution in [2.45, 2.75) is 315 Å². The summed E-state index contributed by atoms with van der Waals surface area (Å²) < 4.78 is 34.7. The second-order valence-electron chi connectivity index (χ2n) is 25.9.